The highest BCUT2D eigenvalue weighted by Crippen LogP contribution is 2.35. The Balaban J connectivity index is 0.00000432. The van der Waals surface area contributed by atoms with Crippen molar-refractivity contribution in [2.45, 2.75) is 46.1 Å². The number of ether oxygens (including phenoxy) is 1. The smallest absolute Gasteiger partial charge is 0.318 e. The second-order valence-electron chi connectivity index (χ2n) is 9.22. The molecule has 0 aliphatic rings. The average molecular weight is 480 g/mol. The minimum atomic E-state index is -1.05. The molecule has 0 aromatic heterocycles. The summed E-state index contributed by atoms with van der Waals surface area (Å²) in [6, 6.07) is 21.2. The molecule has 0 spiro atoms. The van der Waals surface area contributed by atoms with Crippen molar-refractivity contribution in [3.63, 3.8) is 0 Å². The number of rotatable bonds is 9. The highest BCUT2D eigenvalue weighted by Gasteiger charge is 2.34. The predicted octanol–water partition coefficient (Wildman–Crippen LogP) is 6.63. The lowest BCUT2D eigenvalue weighted by Crippen LogP contribution is -2.38. The maximum Gasteiger partial charge on any atom is 0.318 e. The van der Waals surface area contributed by atoms with Crippen LogP contribution in [0.2, 0.25) is 0 Å². The average Bonchev–Trinajstić information content (AvgIpc) is 2.83. The summed E-state index contributed by atoms with van der Waals surface area (Å²) in [4.78, 5) is 14.9. The molecule has 1 N–H and O–H groups in total. The van der Waals surface area contributed by atoms with Crippen molar-refractivity contribution in [2.24, 2.45) is 5.92 Å². The molecule has 188 valence electrons. The number of carbonyl (C=O) groups excluding carboxylic acids is 1. The summed E-state index contributed by atoms with van der Waals surface area (Å²) < 4.78 is 20.4. The van der Waals surface area contributed by atoms with Crippen molar-refractivity contribution in [2.75, 3.05) is 20.6 Å². The van der Waals surface area contributed by atoms with Crippen LogP contribution in [0.4, 0.5) is 4.39 Å². The molecule has 0 aliphatic carbocycles. The van der Waals surface area contributed by atoms with E-state index in [9.17, 15) is 14.3 Å². The molecule has 3 atom stereocenters. The maximum absolute atomic E-state index is 14.8. The molecule has 4 nitrogen and oxygen atoms in total. The third-order valence-electron chi connectivity index (χ3n) is 6.48. The predicted molar refractivity (Wildman–Crippen MR) is 141 cm³/mol. The molecule has 0 saturated heterocycles. The van der Waals surface area contributed by atoms with Crippen molar-refractivity contribution in [1.82, 2.24) is 4.90 Å². The summed E-state index contributed by atoms with van der Waals surface area (Å²) in [5, 5.41) is 11.4. The van der Waals surface area contributed by atoms with Gasteiger partial charge in [-0.3, -0.25) is 4.79 Å². The first-order chi connectivity index (χ1) is 16.2. The second-order valence-corrected chi connectivity index (χ2v) is 9.22. The molecule has 0 amide bonds. The number of halogens is 1. The van der Waals surface area contributed by atoms with Gasteiger partial charge >= 0.3 is 5.97 Å². The van der Waals surface area contributed by atoms with E-state index < -0.39 is 17.5 Å². The lowest BCUT2D eigenvalue weighted by atomic mass is 9.80. The van der Waals surface area contributed by atoms with Gasteiger partial charge in [-0.2, -0.15) is 0 Å². The summed E-state index contributed by atoms with van der Waals surface area (Å²) >= 11 is 0. The van der Waals surface area contributed by atoms with Crippen molar-refractivity contribution in [1.29, 1.82) is 0 Å². The molecule has 0 aliphatic heterocycles. The van der Waals surface area contributed by atoms with E-state index in [0.717, 1.165) is 12.1 Å². The normalized spacial score (nSPS) is 14.5. The van der Waals surface area contributed by atoms with Crippen LogP contribution >= 0.6 is 0 Å². The van der Waals surface area contributed by atoms with Crippen LogP contribution in [0.1, 0.15) is 51.7 Å². The van der Waals surface area contributed by atoms with E-state index in [-0.39, 0.29) is 19.2 Å². The first-order valence-electron chi connectivity index (χ1n) is 11.7. The Kier molecular flexibility index (Phi) is 9.75. The quantitative estimate of drug-likeness (QED) is 0.276. The van der Waals surface area contributed by atoms with E-state index in [1.54, 1.807) is 37.3 Å². The van der Waals surface area contributed by atoms with Gasteiger partial charge in [-0.25, -0.2) is 4.39 Å². The Morgan fingerprint density at radius 3 is 2.31 bits per heavy atom. The van der Waals surface area contributed by atoms with Gasteiger partial charge in [-0.1, -0.05) is 75.9 Å². The van der Waals surface area contributed by atoms with Gasteiger partial charge in [0.1, 0.15) is 11.6 Å². The van der Waals surface area contributed by atoms with Gasteiger partial charge in [0.25, 0.3) is 0 Å². The van der Waals surface area contributed by atoms with Gasteiger partial charge in [0.05, 0.1) is 11.5 Å². The fourth-order valence-corrected chi connectivity index (χ4v) is 4.36. The zero-order chi connectivity index (χ0) is 24.9. The lowest BCUT2D eigenvalue weighted by Gasteiger charge is -2.35. The zero-order valence-electron chi connectivity index (χ0n) is 20.6. The van der Waals surface area contributed by atoms with Crippen molar-refractivity contribution in [3.8, 4) is 16.9 Å². The number of hydrogen-bond donors (Lipinski definition) is 1. The molecule has 3 aromatic carbocycles. The van der Waals surface area contributed by atoms with Gasteiger partial charge in [0.2, 0.25) is 0 Å². The number of hydrogen-bond acceptors (Lipinski definition) is 4. The number of aliphatic hydroxyl groups is 1. The standard InChI is InChI=1S/C29H34FNO3.CH4/c1-6-29(33,20(2)19-31(4)5)24-13-10-14-25(18-24)34-28(32)21(3)23-15-16-26(27(30)17-23)22-11-8-7-9-12-22;/h7-18,20-21,33H,6,19H2,1-5H3;1H4/t20-,21?,29-;/m1./s1. The molecule has 0 radical (unpaired) electrons. The zero-order valence-corrected chi connectivity index (χ0v) is 20.6. The molecular formula is C30H38FNO3. The SMILES string of the molecule is C.CC[C@](O)(c1cccc(OC(=O)C(C)c2ccc(-c3ccccc3)c(F)c2)c1)[C@H](C)CN(C)C. The molecule has 0 bridgehead atoms. The van der Waals surface area contributed by atoms with E-state index in [0.29, 0.717) is 28.9 Å². The minimum absolute atomic E-state index is 0. The Bertz CT molecular complexity index is 1120. The molecular weight excluding hydrogens is 441 g/mol. The van der Waals surface area contributed by atoms with Crippen LogP contribution in [0.5, 0.6) is 5.75 Å². The van der Waals surface area contributed by atoms with Gasteiger partial charge in [-0.05, 0) is 62.3 Å². The topological polar surface area (TPSA) is 49.8 Å². The Morgan fingerprint density at radius 1 is 1.03 bits per heavy atom. The number of esters is 1. The Labute approximate surface area is 209 Å². The van der Waals surface area contributed by atoms with Gasteiger partial charge in [0, 0.05) is 18.0 Å². The molecule has 3 aromatic rings. The molecule has 0 fully saturated rings. The first kappa shape index (κ1) is 28.2. The highest BCUT2D eigenvalue weighted by molar-refractivity contribution is 5.80. The van der Waals surface area contributed by atoms with E-state index in [2.05, 4.69) is 0 Å². The number of nitrogens with zero attached hydrogens (tertiary/aromatic N) is 1. The third-order valence-corrected chi connectivity index (χ3v) is 6.48. The fraction of sp³-hybridized carbons (Fsp3) is 0.367. The Morgan fingerprint density at radius 2 is 1.71 bits per heavy atom. The van der Waals surface area contributed by atoms with E-state index >= 15 is 0 Å². The Hall–Kier alpha value is -3.02. The van der Waals surface area contributed by atoms with Crippen LogP contribution in [-0.4, -0.2) is 36.6 Å². The largest absolute Gasteiger partial charge is 0.426 e. The van der Waals surface area contributed by atoms with Gasteiger partial charge in [0.15, 0.2) is 0 Å². The van der Waals surface area contributed by atoms with Crippen molar-refractivity contribution >= 4 is 5.97 Å². The summed E-state index contributed by atoms with van der Waals surface area (Å²) in [6.07, 6.45) is 0.531. The number of benzene rings is 3. The van der Waals surface area contributed by atoms with Crippen LogP contribution < -0.4 is 4.74 Å². The van der Waals surface area contributed by atoms with E-state index in [1.807, 2.05) is 69.2 Å². The second kappa shape index (κ2) is 12.1. The summed E-state index contributed by atoms with van der Waals surface area (Å²) in [5.74, 6) is -1.18. The lowest BCUT2D eigenvalue weighted by molar-refractivity contribution is -0.135. The fourth-order valence-electron chi connectivity index (χ4n) is 4.36. The summed E-state index contributed by atoms with van der Waals surface area (Å²) in [5.41, 5.74) is 1.48. The molecule has 35 heavy (non-hydrogen) atoms. The molecule has 5 heteroatoms. The van der Waals surface area contributed by atoms with Gasteiger partial charge in [-0.15, -0.1) is 0 Å². The molecule has 3 rings (SSSR count). The molecule has 1 unspecified atom stereocenters. The van der Waals surface area contributed by atoms with E-state index in [1.165, 1.54) is 6.07 Å². The minimum Gasteiger partial charge on any atom is -0.426 e. The van der Waals surface area contributed by atoms with Crippen molar-refractivity contribution < 1.29 is 19.0 Å². The van der Waals surface area contributed by atoms with Crippen LogP contribution in [0.3, 0.4) is 0 Å². The maximum atomic E-state index is 14.8. The molecule has 0 saturated carbocycles. The van der Waals surface area contributed by atoms with E-state index in [4.69, 9.17) is 4.74 Å². The summed E-state index contributed by atoms with van der Waals surface area (Å²) in [6.45, 7) is 6.37. The van der Waals surface area contributed by atoms with Crippen molar-refractivity contribution in [3.05, 3.63) is 89.7 Å². The monoisotopic (exact) mass is 479 g/mol. The number of carbonyl (C=O) groups is 1. The van der Waals surface area contributed by atoms with Crippen LogP contribution in [0.25, 0.3) is 11.1 Å². The van der Waals surface area contributed by atoms with Crippen LogP contribution in [0, 0.1) is 11.7 Å². The van der Waals surface area contributed by atoms with Gasteiger partial charge < -0.3 is 14.7 Å². The highest BCUT2D eigenvalue weighted by atomic mass is 19.1. The third kappa shape index (κ3) is 6.56. The van der Waals surface area contributed by atoms with Crippen LogP contribution in [-0.2, 0) is 10.4 Å². The van der Waals surface area contributed by atoms with Crippen LogP contribution in [0.15, 0.2) is 72.8 Å². The first-order valence-corrected chi connectivity index (χ1v) is 11.7. The summed E-state index contributed by atoms with van der Waals surface area (Å²) in [7, 11) is 3.95. The molecule has 0 heterocycles.